The first-order valence-electron chi connectivity index (χ1n) is 8.28. The molecule has 0 saturated heterocycles. The average Bonchev–Trinajstić information content (AvgIpc) is 3.00. The van der Waals surface area contributed by atoms with Crippen LogP contribution in [-0.4, -0.2) is 37.5 Å². The average molecular weight is 356 g/mol. The molecule has 1 aliphatic heterocycles. The fourth-order valence-corrected chi connectivity index (χ4v) is 4.75. The van der Waals surface area contributed by atoms with Gasteiger partial charge in [-0.3, -0.25) is 4.90 Å². The van der Waals surface area contributed by atoms with Crippen molar-refractivity contribution in [1.82, 2.24) is 8.87 Å². The Morgan fingerprint density at radius 2 is 1.84 bits per heavy atom. The minimum Gasteiger partial charge on any atom is -0.492 e. The lowest BCUT2D eigenvalue weighted by Crippen LogP contribution is -2.24. The zero-order valence-corrected chi connectivity index (χ0v) is 15.0. The maximum Gasteiger partial charge on any atom is 0.268 e. The van der Waals surface area contributed by atoms with Crippen molar-refractivity contribution >= 4 is 20.9 Å². The van der Waals surface area contributed by atoms with E-state index in [0.29, 0.717) is 12.1 Å². The maximum atomic E-state index is 13.0. The van der Waals surface area contributed by atoms with Crippen molar-refractivity contribution < 1.29 is 13.2 Å². The lowest BCUT2D eigenvalue weighted by Gasteiger charge is -2.22. The SMILES string of the molecule is CC1c2c(ccc3c2ccn3S(=O)(=O)c2ccccc2)OCCN1C. The zero-order valence-electron chi connectivity index (χ0n) is 14.2. The van der Waals surface area contributed by atoms with Gasteiger partial charge in [0.25, 0.3) is 10.0 Å². The highest BCUT2D eigenvalue weighted by Crippen LogP contribution is 2.38. The summed E-state index contributed by atoms with van der Waals surface area (Å²) >= 11 is 0. The molecule has 0 fully saturated rings. The van der Waals surface area contributed by atoms with Gasteiger partial charge < -0.3 is 4.74 Å². The molecule has 1 atom stereocenters. The minimum absolute atomic E-state index is 0.150. The molecule has 0 spiro atoms. The van der Waals surface area contributed by atoms with Gasteiger partial charge in [0, 0.05) is 29.7 Å². The molecule has 0 aliphatic carbocycles. The van der Waals surface area contributed by atoms with Gasteiger partial charge in [-0.05, 0) is 44.3 Å². The van der Waals surface area contributed by atoms with E-state index in [-0.39, 0.29) is 10.9 Å². The Morgan fingerprint density at radius 3 is 2.60 bits per heavy atom. The van der Waals surface area contributed by atoms with Crippen LogP contribution in [0.2, 0.25) is 0 Å². The van der Waals surface area contributed by atoms with E-state index in [2.05, 4.69) is 18.9 Å². The van der Waals surface area contributed by atoms with Crippen LogP contribution in [0.25, 0.3) is 10.9 Å². The maximum absolute atomic E-state index is 13.0. The van der Waals surface area contributed by atoms with E-state index in [9.17, 15) is 8.42 Å². The van der Waals surface area contributed by atoms with Crippen molar-refractivity contribution in [1.29, 1.82) is 0 Å². The van der Waals surface area contributed by atoms with Crippen LogP contribution < -0.4 is 4.74 Å². The first-order chi connectivity index (χ1) is 12.0. The molecule has 0 radical (unpaired) electrons. The molecule has 2 aromatic carbocycles. The van der Waals surface area contributed by atoms with Crippen molar-refractivity contribution in [2.75, 3.05) is 20.2 Å². The summed E-state index contributed by atoms with van der Waals surface area (Å²) in [4.78, 5) is 2.50. The third-order valence-electron chi connectivity index (χ3n) is 4.92. The van der Waals surface area contributed by atoms with Crippen LogP contribution >= 0.6 is 0 Å². The highest BCUT2D eigenvalue weighted by atomic mass is 32.2. The third-order valence-corrected chi connectivity index (χ3v) is 6.62. The van der Waals surface area contributed by atoms with E-state index in [4.69, 9.17) is 4.74 Å². The number of likely N-dealkylation sites (N-methyl/N-ethyl adjacent to an activating group) is 1. The van der Waals surface area contributed by atoms with Crippen LogP contribution in [0.5, 0.6) is 5.75 Å². The van der Waals surface area contributed by atoms with Gasteiger partial charge >= 0.3 is 0 Å². The number of hydrogen-bond donors (Lipinski definition) is 0. The van der Waals surface area contributed by atoms with Crippen LogP contribution in [-0.2, 0) is 10.0 Å². The van der Waals surface area contributed by atoms with Crippen LogP contribution in [0.4, 0.5) is 0 Å². The summed E-state index contributed by atoms with van der Waals surface area (Å²) in [6.45, 7) is 3.58. The Bertz CT molecular complexity index is 1030. The molecule has 0 saturated carbocycles. The third kappa shape index (κ3) is 2.53. The van der Waals surface area contributed by atoms with Crippen LogP contribution in [0, 0.1) is 0 Å². The predicted octanol–water partition coefficient (Wildman–Crippen LogP) is 3.26. The monoisotopic (exact) mass is 356 g/mol. The Balaban J connectivity index is 1.94. The summed E-state index contributed by atoms with van der Waals surface area (Å²) in [6.07, 6.45) is 1.63. The molecule has 2 heterocycles. The Morgan fingerprint density at radius 1 is 1.08 bits per heavy atom. The summed E-state index contributed by atoms with van der Waals surface area (Å²) in [5, 5.41) is 0.915. The molecule has 0 amide bonds. The second kappa shape index (κ2) is 5.89. The van der Waals surface area contributed by atoms with Gasteiger partial charge in [0.05, 0.1) is 10.4 Å². The van der Waals surface area contributed by atoms with Crippen molar-refractivity contribution in [3.8, 4) is 5.75 Å². The first-order valence-corrected chi connectivity index (χ1v) is 9.72. The molecule has 0 bridgehead atoms. The van der Waals surface area contributed by atoms with E-state index in [1.54, 1.807) is 30.5 Å². The molecule has 4 rings (SSSR count). The topological polar surface area (TPSA) is 51.5 Å². The number of benzene rings is 2. The van der Waals surface area contributed by atoms with Crippen LogP contribution in [0.15, 0.2) is 59.6 Å². The van der Waals surface area contributed by atoms with E-state index in [1.165, 1.54) is 3.97 Å². The summed E-state index contributed by atoms with van der Waals surface area (Å²) in [7, 11) is -1.57. The standard InChI is InChI=1S/C19H20N2O3S/c1-14-19-16-10-11-21(25(22,23)15-6-4-3-5-7-15)17(16)8-9-18(19)24-13-12-20(14)2/h3-11,14H,12-13H2,1-2H3. The highest BCUT2D eigenvalue weighted by Gasteiger charge is 2.26. The Kier molecular flexibility index (Phi) is 3.81. The molecule has 1 aromatic heterocycles. The van der Waals surface area contributed by atoms with Crippen LogP contribution in [0.3, 0.4) is 0 Å². The number of fused-ring (bicyclic) bond motifs is 3. The van der Waals surface area contributed by atoms with Crippen molar-refractivity contribution in [2.24, 2.45) is 0 Å². The number of nitrogens with zero attached hydrogens (tertiary/aromatic N) is 2. The normalized spacial score (nSPS) is 18.6. The Labute approximate surface area is 147 Å². The number of aromatic nitrogens is 1. The second-order valence-corrected chi connectivity index (χ2v) is 8.16. The fourth-order valence-electron chi connectivity index (χ4n) is 3.38. The van der Waals surface area contributed by atoms with E-state index in [1.807, 2.05) is 24.3 Å². The quantitative estimate of drug-likeness (QED) is 0.707. The first kappa shape index (κ1) is 16.2. The molecular formula is C19H20N2O3S. The predicted molar refractivity (Wildman–Crippen MR) is 97.5 cm³/mol. The van der Waals surface area contributed by atoms with Crippen molar-refractivity contribution in [2.45, 2.75) is 17.9 Å². The van der Waals surface area contributed by atoms with Gasteiger partial charge in [0.15, 0.2) is 0 Å². The molecule has 6 heteroatoms. The van der Waals surface area contributed by atoms with E-state index < -0.39 is 10.0 Å². The lowest BCUT2D eigenvalue weighted by atomic mass is 10.0. The van der Waals surface area contributed by atoms with Gasteiger partial charge in [-0.15, -0.1) is 0 Å². The fraction of sp³-hybridized carbons (Fsp3) is 0.263. The lowest BCUT2D eigenvalue weighted by molar-refractivity contribution is 0.229. The second-order valence-electron chi connectivity index (χ2n) is 6.34. The van der Waals surface area contributed by atoms with Gasteiger partial charge in [0.1, 0.15) is 12.4 Å². The molecule has 130 valence electrons. The van der Waals surface area contributed by atoms with Gasteiger partial charge in [-0.25, -0.2) is 12.4 Å². The summed E-state index contributed by atoms with van der Waals surface area (Å²) in [5.41, 5.74) is 1.72. The summed E-state index contributed by atoms with van der Waals surface area (Å²) in [5.74, 6) is 0.833. The largest absolute Gasteiger partial charge is 0.492 e. The van der Waals surface area contributed by atoms with Gasteiger partial charge in [-0.1, -0.05) is 18.2 Å². The number of rotatable bonds is 2. The number of ether oxygens (including phenoxy) is 1. The number of hydrogen-bond acceptors (Lipinski definition) is 4. The Hall–Kier alpha value is -2.31. The smallest absolute Gasteiger partial charge is 0.268 e. The molecule has 5 nitrogen and oxygen atoms in total. The molecule has 3 aromatic rings. The highest BCUT2D eigenvalue weighted by molar-refractivity contribution is 7.90. The molecule has 0 N–H and O–H groups in total. The van der Waals surface area contributed by atoms with Gasteiger partial charge in [0.2, 0.25) is 0 Å². The molecule has 25 heavy (non-hydrogen) atoms. The van der Waals surface area contributed by atoms with Gasteiger partial charge in [-0.2, -0.15) is 0 Å². The molecule has 1 unspecified atom stereocenters. The summed E-state index contributed by atoms with van der Waals surface area (Å²) in [6, 6.07) is 14.2. The molecular weight excluding hydrogens is 336 g/mol. The molecule has 1 aliphatic rings. The van der Waals surface area contributed by atoms with E-state index >= 15 is 0 Å². The van der Waals surface area contributed by atoms with E-state index in [0.717, 1.165) is 23.2 Å². The van der Waals surface area contributed by atoms with Crippen molar-refractivity contribution in [3.63, 3.8) is 0 Å². The van der Waals surface area contributed by atoms with Crippen molar-refractivity contribution in [3.05, 3.63) is 60.3 Å². The zero-order chi connectivity index (χ0) is 17.6. The van der Waals surface area contributed by atoms with Crippen LogP contribution in [0.1, 0.15) is 18.5 Å². The minimum atomic E-state index is -3.63. The summed E-state index contributed by atoms with van der Waals surface area (Å²) < 4.78 is 33.3.